The fourth-order valence-corrected chi connectivity index (χ4v) is 1.37. The molecule has 1 aliphatic carbocycles. The van der Waals surface area contributed by atoms with Crippen molar-refractivity contribution in [3.63, 3.8) is 0 Å². The molecule has 1 aliphatic rings. The van der Waals surface area contributed by atoms with Crippen molar-refractivity contribution < 1.29 is 14.7 Å². The maximum atomic E-state index is 11.5. The Bertz CT molecular complexity index is 305. The number of rotatable bonds is 6. The van der Waals surface area contributed by atoms with Gasteiger partial charge in [0.15, 0.2) is 0 Å². The van der Waals surface area contributed by atoms with E-state index in [0.717, 1.165) is 17.2 Å². The van der Waals surface area contributed by atoms with E-state index < -0.39 is 12.0 Å². The van der Waals surface area contributed by atoms with E-state index in [9.17, 15) is 9.59 Å². The van der Waals surface area contributed by atoms with E-state index in [4.69, 9.17) is 11.5 Å². The predicted octanol–water partition coefficient (Wildman–Crippen LogP) is 0.516. The van der Waals surface area contributed by atoms with Gasteiger partial charge in [0, 0.05) is 6.54 Å². The zero-order valence-corrected chi connectivity index (χ0v) is 9.11. The van der Waals surface area contributed by atoms with Crippen molar-refractivity contribution in [2.45, 2.75) is 19.3 Å². The molecule has 0 radical (unpaired) electrons. The van der Waals surface area contributed by atoms with E-state index in [0.29, 0.717) is 6.54 Å². The summed E-state index contributed by atoms with van der Waals surface area (Å²) in [5.74, 6) is 1.94. The molecule has 2 amide bonds. The normalized spacial score (nSPS) is 13.9. The second-order valence-corrected chi connectivity index (χ2v) is 3.92. The molecule has 0 atom stereocenters. The maximum Gasteiger partial charge on any atom is 0.323 e. The number of hydrogen-bond donors (Lipinski definition) is 2. The third-order valence-electron chi connectivity index (χ3n) is 2.42. The monoisotopic (exact) mass is 224 g/mol. The van der Waals surface area contributed by atoms with Crippen LogP contribution >= 0.6 is 0 Å². The number of aliphatic carboxylic acids is 1. The lowest BCUT2D eigenvalue weighted by molar-refractivity contribution is -0.137. The minimum absolute atomic E-state index is 0.0154. The van der Waals surface area contributed by atoms with Crippen LogP contribution in [0.1, 0.15) is 19.3 Å². The summed E-state index contributed by atoms with van der Waals surface area (Å²) in [7, 11) is 0. The Morgan fingerprint density at radius 3 is 2.69 bits per heavy atom. The first-order chi connectivity index (χ1) is 7.63. The second kappa shape index (κ2) is 6.01. The van der Waals surface area contributed by atoms with Gasteiger partial charge in [-0.15, -0.1) is 6.42 Å². The Morgan fingerprint density at radius 2 is 2.19 bits per heavy atom. The number of carboxylic acids is 1. The molecule has 1 rings (SSSR count). The van der Waals surface area contributed by atoms with Gasteiger partial charge in [0.05, 0.1) is 6.54 Å². The molecule has 88 valence electrons. The summed E-state index contributed by atoms with van der Waals surface area (Å²) < 4.78 is 0. The number of amides is 2. The molecule has 0 aromatic heterocycles. The summed E-state index contributed by atoms with van der Waals surface area (Å²) in [5, 5.41) is 11.3. The first-order valence-electron chi connectivity index (χ1n) is 5.31. The number of nitrogens with one attached hydrogen (secondary N) is 1. The van der Waals surface area contributed by atoms with Crippen molar-refractivity contribution in [3.8, 4) is 12.3 Å². The molecule has 1 fully saturated rings. The highest BCUT2D eigenvalue weighted by Gasteiger charge is 2.21. The summed E-state index contributed by atoms with van der Waals surface area (Å²) in [6.07, 6.45) is 8.50. The first-order valence-corrected chi connectivity index (χ1v) is 5.31. The highest BCUT2D eigenvalue weighted by Crippen LogP contribution is 2.31. The smallest absolute Gasteiger partial charge is 0.323 e. The molecule has 0 spiro atoms. The van der Waals surface area contributed by atoms with Gasteiger partial charge in [0.2, 0.25) is 0 Å². The molecule has 0 unspecified atom stereocenters. The van der Waals surface area contributed by atoms with Gasteiger partial charge >= 0.3 is 12.0 Å². The van der Waals surface area contributed by atoms with Crippen LogP contribution in [-0.4, -0.2) is 41.6 Å². The highest BCUT2D eigenvalue weighted by molar-refractivity contribution is 5.80. The van der Waals surface area contributed by atoms with Gasteiger partial charge in [-0.3, -0.25) is 4.79 Å². The summed E-state index contributed by atoms with van der Waals surface area (Å²) >= 11 is 0. The Labute approximate surface area is 94.8 Å². The standard InChI is InChI=1S/C11H16N2O3/c1-2-7-13(8-10(14)15)11(16)12-6-5-9-3-4-9/h1,9H,3-8H2,(H,12,16)(H,14,15). The first kappa shape index (κ1) is 12.4. The minimum Gasteiger partial charge on any atom is -0.480 e. The largest absolute Gasteiger partial charge is 0.480 e. The van der Waals surface area contributed by atoms with Gasteiger partial charge in [-0.05, 0) is 12.3 Å². The van der Waals surface area contributed by atoms with Gasteiger partial charge in [-0.2, -0.15) is 0 Å². The zero-order valence-electron chi connectivity index (χ0n) is 9.11. The number of carboxylic acid groups (broad SMARTS) is 1. The molecule has 2 N–H and O–H groups in total. The topological polar surface area (TPSA) is 69.6 Å². The van der Waals surface area contributed by atoms with Crippen LogP contribution < -0.4 is 5.32 Å². The summed E-state index contributed by atoms with van der Waals surface area (Å²) in [5.41, 5.74) is 0. The Kier molecular flexibility index (Phi) is 4.65. The van der Waals surface area contributed by atoms with Gasteiger partial charge in [0.1, 0.15) is 6.54 Å². The summed E-state index contributed by atoms with van der Waals surface area (Å²) in [4.78, 5) is 23.1. The van der Waals surface area contributed by atoms with Crippen LogP contribution in [0, 0.1) is 18.3 Å². The Balaban J connectivity index is 2.27. The molecule has 1 saturated carbocycles. The number of carbonyl (C=O) groups excluding carboxylic acids is 1. The van der Waals surface area contributed by atoms with Crippen molar-refractivity contribution in [1.82, 2.24) is 10.2 Å². The van der Waals surface area contributed by atoms with Crippen LogP contribution in [0.15, 0.2) is 0 Å². The molecule has 5 nitrogen and oxygen atoms in total. The van der Waals surface area contributed by atoms with E-state index >= 15 is 0 Å². The molecule has 0 aliphatic heterocycles. The number of carbonyl (C=O) groups is 2. The molecule has 0 saturated heterocycles. The van der Waals surface area contributed by atoms with Crippen molar-refractivity contribution in [2.75, 3.05) is 19.6 Å². The molecule has 0 heterocycles. The van der Waals surface area contributed by atoms with E-state index in [1.807, 2.05) is 0 Å². The van der Waals surface area contributed by atoms with Crippen molar-refractivity contribution in [3.05, 3.63) is 0 Å². The Morgan fingerprint density at radius 1 is 1.50 bits per heavy atom. The average Bonchev–Trinajstić information content (AvgIpc) is 3.00. The maximum absolute atomic E-state index is 11.5. The Hall–Kier alpha value is -1.70. The van der Waals surface area contributed by atoms with E-state index in [1.54, 1.807) is 0 Å². The average molecular weight is 224 g/mol. The van der Waals surface area contributed by atoms with Crippen molar-refractivity contribution in [2.24, 2.45) is 5.92 Å². The molecular weight excluding hydrogens is 208 g/mol. The summed E-state index contributed by atoms with van der Waals surface area (Å²) in [6, 6.07) is -0.402. The van der Waals surface area contributed by atoms with Gasteiger partial charge in [0.25, 0.3) is 0 Å². The number of hydrogen-bond acceptors (Lipinski definition) is 2. The molecule has 0 bridgehead atoms. The second-order valence-electron chi connectivity index (χ2n) is 3.92. The fourth-order valence-electron chi connectivity index (χ4n) is 1.37. The predicted molar refractivity (Wildman–Crippen MR) is 58.8 cm³/mol. The number of nitrogens with zero attached hydrogens (tertiary/aromatic N) is 1. The van der Waals surface area contributed by atoms with Gasteiger partial charge in [-0.1, -0.05) is 18.8 Å². The molecular formula is C11H16N2O3. The lowest BCUT2D eigenvalue weighted by atomic mass is 10.3. The number of urea groups is 1. The summed E-state index contributed by atoms with van der Waals surface area (Å²) in [6.45, 7) is 0.241. The van der Waals surface area contributed by atoms with Crippen LogP contribution in [-0.2, 0) is 4.79 Å². The molecule has 0 aromatic carbocycles. The molecule has 5 heteroatoms. The van der Waals surface area contributed by atoms with Crippen LogP contribution in [0.2, 0.25) is 0 Å². The van der Waals surface area contributed by atoms with Crippen LogP contribution in [0.3, 0.4) is 0 Å². The number of terminal acetylenes is 1. The minimum atomic E-state index is -1.06. The third-order valence-corrected chi connectivity index (χ3v) is 2.42. The van der Waals surface area contributed by atoms with Crippen LogP contribution in [0.4, 0.5) is 4.79 Å². The quantitative estimate of drug-likeness (QED) is 0.646. The lowest BCUT2D eigenvalue weighted by Gasteiger charge is -2.18. The van der Waals surface area contributed by atoms with E-state index in [1.165, 1.54) is 12.8 Å². The van der Waals surface area contributed by atoms with Crippen molar-refractivity contribution in [1.29, 1.82) is 0 Å². The van der Waals surface area contributed by atoms with Gasteiger partial charge < -0.3 is 15.3 Å². The zero-order chi connectivity index (χ0) is 12.0. The molecule has 16 heavy (non-hydrogen) atoms. The van der Waals surface area contributed by atoms with Gasteiger partial charge in [-0.25, -0.2) is 4.79 Å². The molecule has 0 aromatic rings. The van der Waals surface area contributed by atoms with E-state index in [-0.39, 0.29) is 13.1 Å². The third kappa shape index (κ3) is 4.69. The lowest BCUT2D eigenvalue weighted by Crippen LogP contribution is -2.43. The SMILES string of the molecule is C#CCN(CC(=O)O)C(=O)NCCC1CC1. The highest BCUT2D eigenvalue weighted by atomic mass is 16.4. The van der Waals surface area contributed by atoms with Crippen molar-refractivity contribution >= 4 is 12.0 Å². The van der Waals surface area contributed by atoms with E-state index in [2.05, 4.69) is 11.2 Å². The van der Waals surface area contributed by atoms with Crippen LogP contribution in [0.5, 0.6) is 0 Å². The fraction of sp³-hybridized carbons (Fsp3) is 0.636. The van der Waals surface area contributed by atoms with Crippen LogP contribution in [0.25, 0.3) is 0 Å².